The summed E-state index contributed by atoms with van der Waals surface area (Å²) in [6, 6.07) is 8.45. The van der Waals surface area contributed by atoms with Crippen LogP contribution in [0.3, 0.4) is 0 Å². The van der Waals surface area contributed by atoms with Gasteiger partial charge in [-0.05, 0) is 12.1 Å². The minimum atomic E-state index is -4.55. The maximum Gasteiger partial charge on any atom is 0.406 e. The molecule has 0 spiro atoms. The summed E-state index contributed by atoms with van der Waals surface area (Å²) in [6.07, 6.45) is -3.33. The van der Waals surface area contributed by atoms with Crippen LogP contribution in [0.2, 0.25) is 0 Å². The van der Waals surface area contributed by atoms with Gasteiger partial charge in [-0.15, -0.1) is 0 Å². The Balaban J connectivity index is 2.29. The third-order valence-electron chi connectivity index (χ3n) is 2.83. The monoisotopic (exact) mass is 360 g/mol. The summed E-state index contributed by atoms with van der Waals surface area (Å²) in [5, 5.41) is 0. The van der Waals surface area contributed by atoms with Gasteiger partial charge in [0.1, 0.15) is 10.9 Å². The molecule has 2 amide bonds. The van der Waals surface area contributed by atoms with Crippen LogP contribution in [-0.2, 0) is 9.59 Å². The second-order valence-electron chi connectivity index (χ2n) is 4.59. The van der Waals surface area contributed by atoms with Crippen molar-refractivity contribution in [1.29, 1.82) is 0 Å². The number of anilines is 1. The fourth-order valence-electron chi connectivity index (χ4n) is 1.86. The molecule has 0 aromatic heterocycles. The highest BCUT2D eigenvalue weighted by atomic mass is 32.2. The second kappa shape index (κ2) is 6.71. The van der Waals surface area contributed by atoms with E-state index in [0.29, 0.717) is 10.6 Å². The van der Waals surface area contributed by atoms with Crippen LogP contribution in [0.1, 0.15) is 6.92 Å². The van der Waals surface area contributed by atoms with E-state index < -0.39 is 18.6 Å². The van der Waals surface area contributed by atoms with Crippen LogP contribution in [0.5, 0.6) is 0 Å². The first-order valence-electron chi connectivity index (χ1n) is 6.36. The Hall–Kier alpha value is -1.87. The van der Waals surface area contributed by atoms with Crippen LogP contribution < -0.4 is 4.90 Å². The van der Waals surface area contributed by atoms with Crippen molar-refractivity contribution in [2.75, 3.05) is 11.4 Å². The van der Waals surface area contributed by atoms with Crippen LogP contribution in [0.4, 0.5) is 18.9 Å². The number of para-hydroxylation sites is 1. The lowest BCUT2D eigenvalue weighted by molar-refractivity contribution is -0.149. The van der Waals surface area contributed by atoms with Crippen molar-refractivity contribution in [3.63, 3.8) is 0 Å². The molecule has 1 aliphatic heterocycles. The normalized spacial score (nSPS) is 17.0. The third-order valence-corrected chi connectivity index (χ3v) is 4.20. The van der Waals surface area contributed by atoms with Crippen molar-refractivity contribution >= 4 is 45.8 Å². The summed E-state index contributed by atoms with van der Waals surface area (Å²) in [4.78, 5) is 25.5. The summed E-state index contributed by atoms with van der Waals surface area (Å²) >= 11 is 5.56. The van der Waals surface area contributed by atoms with E-state index in [2.05, 4.69) is 0 Å². The van der Waals surface area contributed by atoms with Gasteiger partial charge in [-0.2, -0.15) is 13.2 Å². The highest BCUT2D eigenvalue weighted by molar-refractivity contribution is 8.26. The highest BCUT2D eigenvalue weighted by Gasteiger charge is 2.40. The molecule has 0 unspecified atom stereocenters. The molecule has 0 aliphatic carbocycles. The maximum atomic E-state index is 12.5. The molecule has 1 aromatic carbocycles. The molecular weight excluding hydrogens is 349 g/mol. The maximum absolute atomic E-state index is 12.5. The second-order valence-corrected chi connectivity index (χ2v) is 6.27. The van der Waals surface area contributed by atoms with Gasteiger partial charge in [0, 0.05) is 18.8 Å². The largest absolute Gasteiger partial charge is 0.406 e. The molecule has 2 rings (SSSR count). The van der Waals surface area contributed by atoms with Gasteiger partial charge in [0.2, 0.25) is 5.91 Å². The van der Waals surface area contributed by atoms with E-state index in [0.717, 1.165) is 11.8 Å². The number of thiocarbonyl (C=S) groups is 1. The molecule has 0 saturated carbocycles. The van der Waals surface area contributed by atoms with Crippen molar-refractivity contribution in [2.45, 2.75) is 13.1 Å². The molecule has 4 nitrogen and oxygen atoms in total. The molecule has 1 aromatic rings. The molecule has 0 N–H and O–H groups in total. The van der Waals surface area contributed by atoms with E-state index in [-0.39, 0.29) is 15.1 Å². The summed E-state index contributed by atoms with van der Waals surface area (Å²) in [7, 11) is 0. The Morgan fingerprint density at radius 1 is 1.35 bits per heavy atom. The van der Waals surface area contributed by atoms with Crippen LogP contribution >= 0.6 is 24.0 Å². The van der Waals surface area contributed by atoms with Gasteiger partial charge in [-0.1, -0.05) is 42.2 Å². The summed E-state index contributed by atoms with van der Waals surface area (Å²) in [5.74, 6) is -1.24. The molecule has 1 fully saturated rings. The first-order chi connectivity index (χ1) is 10.7. The van der Waals surface area contributed by atoms with Crippen LogP contribution in [0.25, 0.3) is 0 Å². The zero-order chi connectivity index (χ0) is 17.2. The van der Waals surface area contributed by atoms with Crippen molar-refractivity contribution in [2.24, 2.45) is 0 Å². The Morgan fingerprint density at radius 2 is 1.96 bits per heavy atom. The van der Waals surface area contributed by atoms with E-state index in [1.807, 2.05) is 0 Å². The fourth-order valence-corrected chi connectivity index (χ4v) is 3.08. The van der Waals surface area contributed by atoms with Gasteiger partial charge >= 0.3 is 6.18 Å². The first kappa shape index (κ1) is 17.5. The number of amides is 2. The summed E-state index contributed by atoms with van der Waals surface area (Å²) in [5.41, 5.74) is 0.501. The van der Waals surface area contributed by atoms with Gasteiger partial charge in [0.25, 0.3) is 5.91 Å². The molecule has 1 aliphatic rings. The topological polar surface area (TPSA) is 40.6 Å². The lowest BCUT2D eigenvalue weighted by Crippen LogP contribution is -2.37. The number of alkyl halides is 3. The van der Waals surface area contributed by atoms with Gasteiger partial charge in [-0.25, -0.2) is 0 Å². The number of benzene rings is 1. The number of thioether (sulfide) groups is 1. The Kier molecular flexibility index (Phi) is 5.10. The molecule has 0 radical (unpaired) electrons. The lowest BCUT2D eigenvalue weighted by Gasteiger charge is -2.18. The molecule has 1 heterocycles. The zero-order valence-electron chi connectivity index (χ0n) is 11.8. The smallest absolute Gasteiger partial charge is 0.287 e. The zero-order valence-corrected chi connectivity index (χ0v) is 13.5. The Bertz CT molecular complexity index is 674. The minimum Gasteiger partial charge on any atom is -0.287 e. The molecule has 1 saturated heterocycles. The SMILES string of the molecule is CC(=O)N(/C=C1\SC(=S)N(CC(F)(F)F)C1=O)c1ccccc1. The third kappa shape index (κ3) is 4.32. The quantitative estimate of drug-likeness (QED) is 0.613. The average molecular weight is 360 g/mol. The van der Waals surface area contributed by atoms with E-state index in [1.165, 1.54) is 18.0 Å². The molecular formula is C14H11F3N2O2S2. The number of rotatable bonds is 3. The highest BCUT2D eigenvalue weighted by Crippen LogP contribution is 2.34. The van der Waals surface area contributed by atoms with Gasteiger partial charge < -0.3 is 0 Å². The van der Waals surface area contributed by atoms with Crippen molar-refractivity contribution in [1.82, 2.24) is 4.90 Å². The predicted octanol–water partition coefficient (Wildman–Crippen LogP) is 3.30. The molecule has 122 valence electrons. The number of carbonyl (C=O) groups excluding carboxylic acids is 2. The number of halogens is 3. The van der Waals surface area contributed by atoms with Gasteiger partial charge in [-0.3, -0.25) is 19.4 Å². The summed E-state index contributed by atoms with van der Waals surface area (Å²) < 4.78 is 37.3. The van der Waals surface area contributed by atoms with Crippen LogP contribution in [-0.4, -0.2) is 33.8 Å². The van der Waals surface area contributed by atoms with Gasteiger partial charge in [0.15, 0.2) is 0 Å². The molecule has 9 heteroatoms. The van der Waals surface area contributed by atoms with E-state index in [1.54, 1.807) is 30.3 Å². The number of hydrogen-bond acceptors (Lipinski definition) is 4. The molecule has 0 atom stereocenters. The van der Waals surface area contributed by atoms with Crippen molar-refractivity contribution in [3.8, 4) is 0 Å². The van der Waals surface area contributed by atoms with Crippen molar-refractivity contribution < 1.29 is 22.8 Å². The standard InChI is InChI=1S/C14H11F3N2O2S2/c1-9(20)18(10-5-3-2-4-6-10)7-11-12(21)19(13(22)23-11)8-14(15,16)17/h2-7H,8H2,1H3/b11-7-. The predicted molar refractivity (Wildman–Crippen MR) is 85.6 cm³/mol. The first-order valence-corrected chi connectivity index (χ1v) is 7.58. The Morgan fingerprint density at radius 3 is 2.48 bits per heavy atom. The summed E-state index contributed by atoms with van der Waals surface area (Å²) in [6.45, 7) is -0.152. The number of nitrogens with zero attached hydrogens (tertiary/aromatic N) is 2. The minimum absolute atomic E-state index is 0.0293. The molecule has 23 heavy (non-hydrogen) atoms. The Labute approximate surface area is 139 Å². The van der Waals surface area contributed by atoms with E-state index >= 15 is 0 Å². The van der Waals surface area contributed by atoms with E-state index in [4.69, 9.17) is 12.2 Å². The van der Waals surface area contributed by atoms with Crippen LogP contribution in [0, 0.1) is 0 Å². The molecule has 0 bridgehead atoms. The number of hydrogen-bond donors (Lipinski definition) is 0. The fraction of sp³-hybridized carbons (Fsp3) is 0.214. The number of carbonyl (C=O) groups is 2. The average Bonchev–Trinajstić information content (AvgIpc) is 2.71. The van der Waals surface area contributed by atoms with Gasteiger partial charge in [0.05, 0.1) is 4.91 Å². The van der Waals surface area contributed by atoms with Crippen LogP contribution in [0.15, 0.2) is 41.4 Å². The van der Waals surface area contributed by atoms with Crippen molar-refractivity contribution in [3.05, 3.63) is 41.4 Å². The lowest BCUT2D eigenvalue weighted by atomic mass is 10.3. The van der Waals surface area contributed by atoms with E-state index in [9.17, 15) is 22.8 Å².